The Bertz CT molecular complexity index is 828. The van der Waals surface area contributed by atoms with Gasteiger partial charge in [-0.3, -0.25) is 4.98 Å². The van der Waals surface area contributed by atoms with Gasteiger partial charge in [-0.05, 0) is 37.6 Å². The molecule has 104 valence electrons. The molecule has 21 heavy (non-hydrogen) atoms. The molecule has 4 nitrogen and oxygen atoms in total. The van der Waals surface area contributed by atoms with Crippen LogP contribution in [0, 0.1) is 13.8 Å². The molecule has 0 saturated carbocycles. The summed E-state index contributed by atoms with van der Waals surface area (Å²) in [7, 11) is 0. The molecule has 0 bridgehead atoms. The molecule has 3 rings (SSSR count). The number of rotatable bonds is 2. The van der Waals surface area contributed by atoms with Crippen LogP contribution in [-0.4, -0.2) is 15.9 Å². The molecule has 0 radical (unpaired) electrons. The van der Waals surface area contributed by atoms with Gasteiger partial charge in [0, 0.05) is 0 Å². The maximum absolute atomic E-state index is 12.2. The van der Waals surface area contributed by atoms with E-state index in [2.05, 4.69) is 9.97 Å². The highest BCUT2D eigenvalue weighted by Gasteiger charge is 2.13. The summed E-state index contributed by atoms with van der Waals surface area (Å²) >= 11 is 0. The third-order valence-corrected chi connectivity index (χ3v) is 3.19. The Balaban J connectivity index is 1.89. The van der Waals surface area contributed by atoms with E-state index in [1.165, 1.54) is 6.20 Å². The predicted molar refractivity (Wildman–Crippen MR) is 80.4 cm³/mol. The van der Waals surface area contributed by atoms with Gasteiger partial charge in [0.15, 0.2) is 5.69 Å². The number of aryl methyl sites for hydroxylation is 2. The number of hydrogen-bond acceptors (Lipinski definition) is 4. The summed E-state index contributed by atoms with van der Waals surface area (Å²) in [6.45, 7) is 3.90. The van der Waals surface area contributed by atoms with E-state index in [0.29, 0.717) is 11.3 Å². The van der Waals surface area contributed by atoms with Crippen molar-refractivity contribution >= 4 is 17.0 Å². The average Bonchev–Trinajstić information content (AvgIpc) is 2.49. The van der Waals surface area contributed by atoms with Crippen molar-refractivity contribution in [2.45, 2.75) is 13.8 Å². The van der Waals surface area contributed by atoms with Gasteiger partial charge in [0.2, 0.25) is 0 Å². The zero-order valence-electron chi connectivity index (χ0n) is 11.8. The van der Waals surface area contributed by atoms with Crippen LogP contribution < -0.4 is 4.74 Å². The lowest BCUT2D eigenvalue weighted by Crippen LogP contribution is -2.12. The summed E-state index contributed by atoms with van der Waals surface area (Å²) in [4.78, 5) is 20.7. The van der Waals surface area contributed by atoms with Crippen molar-refractivity contribution in [3.63, 3.8) is 0 Å². The fourth-order valence-corrected chi connectivity index (χ4v) is 2.12. The second-order valence-electron chi connectivity index (χ2n) is 4.90. The van der Waals surface area contributed by atoms with Crippen molar-refractivity contribution in [3.05, 3.63) is 65.5 Å². The lowest BCUT2D eigenvalue weighted by molar-refractivity contribution is 0.0727. The van der Waals surface area contributed by atoms with Crippen molar-refractivity contribution in [1.29, 1.82) is 0 Å². The Hall–Kier alpha value is -2.75. The Morgan fingerprint density at radius 1 is 1.05 bits per heavy atom. The summed E-state index contributed by atoms with van der Waals surface area (Å²) in [5.74, 6) is 0.0424. The van der Waals surface area contributed by atoms with Crippen LogP contribution in [0.15, 0.2) is 48.7 Å². The van der Waals surface area contributed by atoms with Gasteiger partial charge in [0.1, 0.15) is 5.75 Å². The number of ether oxygens (including phenoxy) is 1. The van der Waals surface area contributed by atoms with Gasteiger partial charge in [-0.2, -0.15) is 0 Å². The third-order valence-electron chi connectivity index (χ3n) is 3.19. The number of fused-ring (bicyclic) bond motifs is 1. The van der Waals surface area contributed by atoms with E-state index in [1.807, 2.05) is 50.2 Å². The summed E-state index contributed by atoms with van der Waals surface area (Å²) in [5.41, 5.74) is 3.66. The lowest BCUT2D eigenvalue weighted by Gasteiger charge is -2.07. The van der Waals surface area contributed by atoms with Gasteiger partial charge in [0.05, 0.1) is 17.2 Å². The van der Waals surface area contributed by atoms with Gasteiger partial charge < -0.3 is 4.74 Å². The first kappa shape index (κ1) is 13.2. The Morgan fingerprint density at radius 3 is 2.57 bits per heavy atom. The van der Waals surface area contributed by atoms with Crippen LogP contribution in [0.1, 0.15) is 21.6 Å². The molecule has 0 spiro atoms. The van der Waals surface area contributed by atoms with Crippen LogP contribution in [0.2, 0.25) is 0 Å². The number of nitrogens with zero attached hydrogens (tertiary/aromatic N) is 2. The molecule has 0 N–H and O–H groups in total. The molecule has 1 heterocycles. The normalized spacial score (nSPS) is 10.6. The number of hydrogen-bond donors (Lipinski definition) is 0. The molecule has 0 atom stereocenters. The van der Waals surface area contributed by atoms with Crippen LogP contribution in [0.5, 0.6) is 5.75 Å². The van der Waals surface area contributed by atoms with E-state index in [-0.39, 0.29) is 5.69 Å². The molecule has 2 aromatic carbocycles. The molecule has 0 unspecified atom stereocenters. The fraction of sp³-hybridized carbons (Fsp3) is 0.118. The van der Waals surface area contributed by atoms with E-state index >= 15 is 0 Å². The molecule has 0 aliphatic carbocycles. The number of carbonyl (C=O) groups is 1. The molecular weight excluding hydrogens is 264 g/mol. The molecule has 0 aliphatic heterocycles. The van der Waals surface area contributed by atoms with Gasteiger partial charge in [-0.15, -0.1) is 0 Å². The standard InChI is InChI=1S/C17H14N2O2/c1-11-7-8-16(12(2)9-11)21-17(20)15-10-18-13-5-3-4-6-14(13)19-15/h3-10H,1-2H3. The van der Waals surface area contributed by atoms with Crippen LogP contribution in [0.3, 0.4) is 0 Å². The van der Waals surface area contributed by atoms with E-state index in [4.69, 9.17) is 4.74 Å². The van der Waals surface area contributed by atoms with Crippen molar-refractivity contribution in [1.82, 2.24) is 9.97 Å². The molecule has 1 aromatic heterocycles. The van der Waals surface area contributed by atoms with Gasteiger partial charge in [-0.25, -0.2) is 9.78 Å². The first-order valence-electron chi connectivity index (χ1n) is 6.65. The predicted octanol–water partition coefficient (Wildman–Crippen LogP) is 3.47. The monoisotopic (exact) mass is 278 g/mol. The van der Waals surface area contributed by atoms with E-state index in [0.717, 1.165) is 16.6 Å². The van der Waals surface area contributed by atoms with E-state index < -0.39 is 5.97 Å². The van der Waals surface area contributed by atoms with Crippen molar-refractivity contribution in [2.75, 3.05) is 0 Å². The topological polar surface area (TPSA) is 52.1 Å². The summed E-state index contributed by atoms with van der Waals surface area (Å²) in [6, 6.07) is 13.1. The number of aromatic nitrogens is 2. The Labute approximate surface area is 122 Å². The minimum atomic E-state index is -0.500. The number of esters is 1. The van der Waals surface area contributed by atoms with Gasteiger partial charge in [-0.1, -0.05) is 29.8 Å². The van der Waals surface area contributed by atoms with Crippen LogP contribution in [0.25, 0.3) is 11.0 Å². The van der Waals surface area contributed by atoms with Crippen LogP contribution in [0.4, 0.5) is 0 Å². The second-order valence-corrected chi connectivity index (χ2v) is 4.90. The van der Waals surface area contributed by atoms with Gasteiger partial charge >= 0.3 is 5.97 Å². The lowest BCUT2D eigenvalue weighted by atomic mass is 10.1. The average molecular weight is 278 g/mol. The third kappa shape index (κ3) is 2.74. The quantitative estimate of drug-likeness (QED) is 0.532. The molecule has 4 heteroatoms. The highest BCUT2D eigenvalue weighted by atomic mass is 16.5. The number of para-hydroxylation sites is 2. The SMILES string of the molecule is Cc1ccc(OC(=O)c2cnc3ccccc3n2)c(C)c1. The smallest absolute Gasteiger partial charge is 0.363 e. The van der Waals surface area contributed by atoms with Crippen molar-refractivity contribution in [2.24, 2.45) is 0 Å². The molecule has 0 saturated heterocycles. The van der Waals surface area contributed by atoms with Crippen LogP contribution >= 0.6 is 0 Å². The fourth-order valence-electron chi connectivity index (χ4n) is 2.12. The van der Waals surface area contributed by atoms with Crippen molar-refractivity contribution < 1.29 is 9.53 Å². The summed E-state index contributed by atoms with van der Waals surface area (Å²) in [5, 5.41) is 0. The molecule has 0 fully saturated rings. The van der Waals surface area contributed by atoms with E-state index in [9.17, 15) is 4.79 Å². The largest absolute Gasteiger partial charge is 0.421 e. The minimum absolute atomic E-state index is 0.202. The zero-order chi connectivity index (χ0) is 14.8. The van der Waals surface area contributed by atoms with Gasteiger partial charge in [0.25, 0.3) is 0 Å². The number of benzene rings is 2. The molecular formula is C17H14N2O2. The summed E-state index contributed by atoms with van der Waals surface area (Å²) < 4.78 is 5.39. The Kier molecular flexibility index (Phi) is 3.36. The first-order chi connectivity index (χ1) is 10.1. The highest BCUT2D eigenvalue weighted by molar-refractivity contribution is 5.91. The maximum atomic E-state index is 12.2. The summed E-state index contributed by atoms with van der Waals surface area (Å²) in [6.07, 6.45) is 1.44. The molecule has 3 aromatic rings. The van der Waals surface area contributed by atoms with E-state index in [1.54, 1.807) is 6.07 Å². The molecule has 0 amide bonds. The second kappa shape index (κ2) is 5.32. The highest BCUT2D eigenvalue weighted by Crippen LogP contribution is 2.20. The zero-order valence-corrected chi connectivity index (χ0v) is 11.8. The number of carbonyl (C=O) groups excluding carboxylic acids is 1. The molecule has 0 aliphatic rings. The first-order valence-corrected chi connectivity index (χ1v) is 6.65. The van der Waals surface area contributed by atoms with Crippen LogP contribution in [-0.2, 0) is 0 Å². The Morgan fingerprint density at radius 2 is 1.81 bits per heavy atom. The maximum Gasteiger partial charge on any atom is 0.363 e. The minimum Gasteiger partial charge on any atom is -0.421 e. The van der Waals surface area contributed by atoms with Crippen molar-refractivity contribution in [3.8, 4) is 5.75 Å².